The number of pyridine rings is 1. The number of aromatic amines is 1. The van der Waals surface area contributed by atoms with Crippen molar-refractivity contribution in [2.24, 2.45) is 0 Å². The first-order chi connectivity index (χ1) is 16.6. The highest BCUT2D eigenvalue weighted by molar-refractivity contribution is 7.09. The molecule has 0 radical (unpaired) electrons. The van der Waals surface area contributed by atoms with E-state index in [4.69, 9.17) is 4.74 Å². The Morgan fingerprint density at radius 3 is 2.97 bits per heavy atom. The number of nitrogens with zero attached hydrogens (tertiary/aromatic N) is 5. The third-order valence-electron chi connectivity index (χ3n) is 6.56. The zero-order chi connectivity index (χ0) is 23.5. The van der Waals surface area contributed by atoms with Crippen LogP contribution in [0.25, 0.3) is 10.9 Å². The van der Waals surface area contributed by atoms with Crippen LogP contribution in [-0.2, 0) is 24.4 Å². The summed E-state index contributed by atoms with van der Waals surface area (Å²) in [5.74, 6) is 0.822. The Labute approximate surface area is 202 Å². The van der Waals surface area contributed by atoms with Gasteiger partial charge in [0.05, 0.1) is 24.2 Å². The maximum Gasteiger partial charge on any atom is 0.252 e. The number of hydrogen-bond donors (Lipinski definition) is 1. The van der Waals surface area contributed by atoms with E-state index in [0.717, 1.165) is 53.7 Å². The van der Waals surface area contributed by atoms with Crippen LogP contribution < -0.4 is 5.56 Å². The number of tetrazole rings is 1. The monoisotopic (exact) mass is 478 g/mol. The summed E-state index contributed by atoms with van der Waals surface area (Å²) in [6.45, 7) is 6.83. The molecule has 1 aromatic carbocycles. The number of aryl methyl sites for hydroxylation is 1. The number of ether oxygens (including phenoxy) is 1. The second-order valence-electron chi connectivity index (χ2n) is 8.93. The molecule has 0 bridgehead atoms. The maximum absolute atomic E-state index is 13.1. The zero-order valence-electron chi connectivity index (χ0n) is 19.6. The highest BCUT2D eigenvalue weighted by atomic mass is 32.1. The summed E-state index contributed by atoms with van der Waals surface area (Å²) in [6, 6.07) is 12.3. The van der Waals surface area contributed by atoms with Gasteiger partial charge in [-0.2, -0.15) is 0 Å². The third-order valence-corrected chi connectivity index (χ3v) is 7.42. The summed E-state index contributed by atoms with van der Waals surface area (Å²) in [6.07, 6.45) is 3.08. The molecular formula is C25H30N6O2S. The van der Waals surface area contributed by atoms with E-state index in [1.54, 1.807) is 11.3 Å². The van der Waals surface area contributed by atoms with Gasteiger partial charge < -0.3 is 9.72 Å². The molecule has 0 saturated carbocycles. The molecular weight excluding hydrogens is 448 g/mol. The van der Waals surface area contributed by atoms with Crippen LogP contribution in [-0.4, -0.2) is 42.8 Å². The van der Waals surface area contributed by atoms with Gasteiger partial charge in [0.1, 0.15) is 0 Å². The molecule has 0 unspecified atom stereocenters. The van der Waals surface area contributed by atoms with E-state index in [-0.39, 0.29) is 17.7 Å². The predicted molar refractivity (Wildman–Crippen MR) is 133 cm³/mol. The molecule has 0 amide bonds. The lowest BCUT2D eigenvalue weighted by molar-refractivity contribution is 0.0889. The van der Waals surface area contributed by atoms with Gasteiger partial charge in [-0.1, -0.05) is 31.2 Å². The van der Waals surface area contributed by atoms with E-state index < -0.39 is 0 Å². The molecule has 34 heavy (non-hydrogen) atoms. The minimum atomic E-state index is -0.0493. The minimum Gasteiger partial charge on any atom is -0.376 e. The first kappa shape index (κ1) is 22.9. The second kappa shape index (κ2) is 10.2. The predicted octanol–water partition coefficient (Wildman–Crippen LogP) is 4.22. The Morgan fingerprint density at radius 2 is 2.21 bits per heavy atom. The van der Waals surface area contributed by atoms with E-state index in [1.807, 2.05) is 35.9 Å². The van der Waals surface area contributed by atoms with E-state index in [0.29, 0.717) is 19.6 Å². The fourth-order valence-corrected chi connectivity index (χ4v) is 5.54. The van der Waals surface area contributed by atoms with Crippen LogP contribution in [0, 0.1) is 6.92 Å². The van der Waals surface area contributed by atoms with Crippen molar-refractivity contribution in [1.82, 2.24) is 30.1 Å². The van der Waals surface area contributed by atoms with Crippen LogP contribution in [0.15, 0.2) is 46.6 Å². The Bertz CT molecular complexity index is 1290. The molecule has 3 aromatic heterocycles. The zero-order valence-corrected chi connectivity index (χ0v) is 20.4. The number of H-pyrrole nitrogens is 1. The molecule has 1 fully saturated rings. The molecule has 8 nitrogen and oxygen atoms in total. The third kappa shape index (κ3) is 4.82. The van der Waals surface area contributed by atoms with Crippen LogP contribution in [0.3, 0.4) is 0 Å². The molecule has 1 saturated heterocycles. The van der Waals surface area contributed by atoms with Gasteiger partial charge in [-0.3, -0.25) is 9.69 Å². The summed E-state index contributed by atoms with van der Waals surface area (Å²) in [4.78, 5) is 19.7. The van der Waals surface area contributed by atoms with Crippen molar-refractivity contribution in [3.63, 3.8) is 0 Å². The van der Waals surface area contributed by atoms with E-state index >= 15 is 0 Å². The molecule has 0 aliphatic carbocycles. The van der Waals surface area contributed by atoms with Crippen LogP contribution in [0.1, 0.15) is 54.1 Å². The van der Waals surface area contributed by atoms with Gasteiger partial charge in [0, 0.05) is 30.1 Å². The van der Waals surface area contributed by atoms with Gasteiger partial charge in [-0.25, -0.2) is 4.68 Å². The molecule has 1 N–H and O–H groups in total. The van der Waals surface area contributed by atoms with Crippen molar-refractivity contribution in [2.75, 3.05) is 6.61 Å². The minimum absolute atomic E-state index is 0.0360. The quantitative estimate of drug-likeness (QED) is 0.388. The fraction of sp³-hybridized carbons (Fsp3) is 0.440. The lowest BCUT2D eigenvalue weighted by Crippen LogP contribution is -2.33. The van der Waals surface area contributed by atoms with Gasteiger partial charge in [-0.15, -0.1) is 16.4 Å². The standard InChI is InChI=1S/C25H30N6O2S/c1-3-22(24-27-28-29-31(24)15-20-9-5-11-33-20)30(16-21-10-6-12-34-21)14-19-13-18-8-4-7-17(2)23(18)26-25(19)32/h4,6-8,10,12-13,20,22H,3,5,9,11,14-16H2,1-2H3,(H,26,32)/t20-,22+/m1/s1. The summed E-state index contributed by atoms with van der Waals surface area (Å²) in [5, 5.41) is 15.8. The largest absolute Gasteiger partial charge is 0.376 e. The van der Waals surface area contributed by atoms with Crippen molar-refractivity contribution in [3.8, 4) is 0 Å². The van der Waals surface area contributed by atoms with E-state index in [2.05, 4.69) is 49.8 Å². The van der Waals surface area contributed by atoms with Crippen molar-refractivity contribution >= 4 is 22.2 Å². The van der Waals surface area contributed by atoms with Crippen LogP contribution in [0.2, 0.25) is 0 Å². The van der Waals surface area contributed by atoms with Crippen molar-refractivity contribution < 1.29 is 4.74 Å². The molecule has 2 atom stereocenters. The number of nitrogens with one attached hydrogen (secondary N) is 1. The first-order valence-corrected chi connectivity index (χ1v) is 12.8. The number of thiophene rings is 1. The number of benzene rings is 1. The number of aromatic nitrogens is 5. The Balaban J connectivity index is 1.49. The molecule has 9 heteroatoms. The molecule has 1 aliphatic rings. The smallest absolute Gasteiger partial charge is 0.252 e. The lowest BCUT2D eigenvalue weighted by Gasteiger charge is -2.30. The molecule has 0 spiro atoms. The van der Waals surface area contributed by atoms with Crippen molar-refractivity contribution in [2.45, 2.75) is 64.9 Å². The molecule has 5 rings (SSSR count). The first-order valence-electron chi connectivity index (χ1n) is 11.9. The lowest BCUT2D eigenvalue weighted by atomic mass is 10.1. The van der Waals surface area contributed by atoms with Crippen molar-refractivity contribution in [1.29, 1.82) is 0 Å². The highest BCUT2D eigenvalue weighted by Crippen LogP contribution is 2.28. The number of fused-ring (bicyclic) bond motifs is 1. The molecule has 178 valence electrons. The summed E-state index contributed by atoms with van der Waals surface area (Å²) < 4.78 is 7.72. The number of rotatable bonds is 9. The van der Waals surface area contributed by atoms with E-state index in [9.17, 15) is 4.79 Å². The molecule has 4 aromatic rings. The van der Waals surface area contributed by atoms with Crippen molar-refractivity contribution in [3.05, 3.63) is 74.0 Å². The Hall–Kier alpha value is -2.88. The van der Waals surface area contributed by atoms with E-state index in [1.165, 1.54) is 4.88 Å². The summed E-state index contributed by atoms with van der Waals surface area (Å²) in [7, 11) is 0. The molecule has 4 heterocycles. The van der Waals surface area contributed by atoms with Crippen LogP contribution in [0.4, 0.5) is 0 Å². The number of para-hydroxylation sites is 1. The fourth-order valence-electron chi connectivity index (χ4n) is 4.81. The van der Waals surface area contributed by atoms with Gasteiger partial charge >= 0.3 is 0 Å². The van der Waals surface area contributed by atoms with Gasteiger partial charge in [0.2, 0.25) is 0 Å². The Kier molecular flexibility index (Phi) is 6.85. The van der Waals surface area contributed by atoms with Crippen LogP contribution >= 0.6 is 11.3 Å². The maximum atomic E-state index is 13.1. The molecule has 1 aliphatic heterocycles. The second-order valence-corrected chi connectivity index (χ2v) is 9.96. The Morgan fingerprint density at radius 1 is 1.29 bits per heavy atom. The van der Waals surface area contributed by atoms with Gasteiger partial charge in [-0.05, 0) is 65.1 Å². The summed E-state index contributed by atoms with van der Waals surface area (Å²) in [5.41, 5.74) is 2.66. The SMILES string of the molecule is CC[C@@H](c1nnnn1C[C@H]1CCCO1)N(Cc1cccs1)Cc1cc2cccc(C)c2[nH]c1=O. The average molecular weight is 479 g/mol. The van der Waals surface area contributed by atoms with Gasteiger partial charge in [0.25, 0.3) is 5.56 Å². The van der Waals surface area contributed by atoms with Gasteiger partial charge in [0.15, 0.2) is 5.82 Å². The average Bonchev–Trinajstić information content (AvgIpc) is 3.60. The van der Waals surface area contributed by atoms with Crippen LogP contribution in [0.5, 0.6) is 0 Å². The summed E-state index contributed by atoms with van der Waals surface area (Å²) >= 11 is 1.72. The topological polar surface area (TPSA) is 88.9 Å². The number of hydrogen-bond acceptors (Lipinski definition) is 7. The normalized spacial score (nSPS) is 17.1. The highest BCUT2D eigenvalue weighted by Gasteiger charge is 2.28.